The minimum atomic E-state index is -0.670. The van der Waals surface area contributed by atoms with E-state index in [9.17, 15) is 9.59 Å². The molecule has 1 fully saturated rings. The average molecular weight is 336 g/mol. The first-order valence-electron chi connectivity index (χ1n) is 8.04. The van der Waals surface area contributed by atoms with Gasteiger partial charge in [-0.1, -0.05) is 13.3 Å². The van der Waals surface area contributed by atoms with Gasteiger partial charge in [-0.3, -0.25) is 9.36 Å². The zero-order valence-electron chi connectivity index (χ0n) is 13.4. The van der Waals surface area contributed by atoms with Gasteiger partial charge in [0.05, 0.1) is 25.4 Å². The van der Waals surface area contributed by atoms with Crippen LogP contribution in [-0.4, -0.2) is 45.0 Å². The molecule has 2 aromatic heterocycles. The second-order valence-electron chi connectivity index (χ2n) is 5.61. The molecule has 0 amide bonds. The summed E-state index contributed by atoms with van der Waals surface area (Å²) < 4.78 is 17.6. The van der Waals surface area contributed by atoms with E-state index >= 15 is 0 Å². The number of carbonyl (C=O) groups is 1. The number of aromatic amines is 1. The van der Waals surface area contributed by atoms with Crippen molar-refractivity contribution < 1.29 is 19.0 Å². The Balaban J connectivity index is 1.54. The summed E-state index contributed by atoms with van der Waals surface area (Å²) >= 11 is 0. The highest BCUT2D eigenvalue weighted by atomic mass is 16.7. The van der Waals surface area contributed by atoms with Crippen molar-refractivity contribution in [3.05, 3.63) is 23.0 Å². The van der Waals surface area contributed by atoms with E-state index in [1.807, 2.05) is 6.92 Å². The van der Waals surface area contributed by atoms with Gasteiger partial charge in [0, 0.05) is 0 Å². The van der Waals surface area contributed by atoms with Crippen molar-refractivity contribution in [3.8, 4) is 0 Å². The van der Waals surface area contributed by atoms with Gasteiger partial charge in [0.2, 0.25) is 0 Å². The third-order valence-corrected chi connectivity index (χ3v) is 3.87. The Kier molecular flexibility index (Phi) is 5.09. The molecule has 2 aromatic rings. The highest BCUT2D eigenvalue weighted by molar-refractivity contribution is 5.68. The van der Waals surface area contributed by atoms with Crippen LogP contribution in [-0.2, 0) is 14.2 Å². The minimum Gasteiger partial charge on any atom is -0.434 e. The maximum absolute atomic E-state index is 11.7. The molecular weight excluding hydrogens is 316 g/mol. The number of nitrogens with zero attached hydrogens (tertiary/aromatic N) is 3. The molecule has 0 aromatic carbocycles. The standard InChI is InChI=1S/C15H20N4O5/c1-2-3-6-22-15(21)23-7-10-4-5-11(24-10)19-9-18-12-13(19)16-8-17-14(12)20/h8-11H,2-7H2,1H3,(H,16,17,20)/t10-,11+/m0/s1. The molecule has 0 bridgehead atoms. The first kappa shape index (κ1) is 16.4. The number of carbonyl (C=O) groups excluding carboxylic acids is 1. The third kappa shape index (κ3) is 3.56. The molecule has 3 heterocycles. The fraction of sp³-hybridized carbons (Fsp3) is 0.600. The summed E-state index contributed by atoms with van der Waals surface area (Å²) in [6, 6.07) is 0. The summed E-state index contributed by atoms with van der Waals surface area (Å²) in [6.45, 7) is 2.52. The van der Waals surface area contributed by atoms with Gasteiger partial charge in [-0.25, -0.2) is 14.8 Å². The maximum atomic E-state index is 11.7. The minimum absolute atomic E-state index is 0.141. The van der Waals surface area contributed by atoms with Crippen molar-refractivity contribution in [2.75, 3.05) is 13.2 Å². The number of hydrogen-bond acceptors (Lipinski definition) is 7. The first-order valence-corrected chi connectivity index (χ1v) is 8.04. The van der Waals surface area contributed by atoms with Crippen LogP contribution < -0.4 is 5.56 Å². The van der Waals surface area contributed by atoms with Crippen molar-refractivity contribution in [1.82, 2.24) is 19.5 Å². The Morgan fingerprint density at radius 3 is 3.12 bits per heavy atom. The molecule has 1 aliphatic heterocycles. The monoisotopic (exact) mass is 336 g/mol. The van der Waals surface area contributed by atoms with Crippen LogP contribution in [0.3, 0.4) is 0 Å². The molecule has 0 aliphatic carbocycles. The summed E-state index contributed by atoms with van der Waals surface area (Å²) in [5.41, 5.74) is 0.469. The SMILES string of the molecule is CCCCOC(=O)OC[C@@H]1CC[C@H](n2cnc3c(=O)[nH]cnc32)O1. The van der Waals surface area contributed by atoms with Crippen molar-refractivity contribution in [1.29, 1.82) is 0 Å². The van der Waals surface area contributed by atoms with Crippen molar-refractivity contribution in [3.63, 3.8) is 0 Å². The van der Waals surface area contributed by atoms with Gasteiger partial charge in [-0.2, -0.15) is 0 Å². The molecule has 0 radical (unpaired) electrons. The summed E-state index contributed by atoms with van der Waals surface area (Å²) in [6.07, 6.45) is 4.94. The van der Waals surface area contributed by atoms with E-state index < -0.39 is 6.16 Å². The van der Waals surface area contributed by atoms with E-state index in [1.54, 1.807) is 10.9 Å². The quantitative estimate of drug-likeness (QED) is 0.632. The van der Waals surface area contributed by atoms with Crippen LogP contribution in [0.5, 0.6) is 0 Å². The third-order valence-electron chi connectivity index (χ3n) is 3.87. The Morgan fingerprint density at radius 2 is 2.29 bits per heavy atom. The van der Waals surface area contributed by atoms with E-state index in [-0.39, 0.29) is 30.0 Å². The topological polar surface area (TPSA) is 108 Å². The second kappa shape index (κ2) is 7.43. The maximum Gasteiger partial charge on any atom is 0.508 e. The highest BCUT2D eigenvalue weighted by Gasteiger charge is 2.29. The van der Waals surface area contributed by atoms with Crippen LogP contribution >= 0.6 is 0 Å². The smallest absolute Gasteiger partial charge is 0.434 e. The van der Waals surface area contributed by atoms with Crippen molar-refractivity contribution >= 4 is 17.3 Å². The zero-order valence-corrected chi connectivity index (χ0v) is 13.4. The van der Waals surface area contributed by atoms with Crippen LogP contribution in [0.15, 0.2) is 17.4 Å². The molecule has 130 valence electrons. The molecule has 1 saturated heterocycles. The van der Waals surface area contributed by atoms with Gasteiger partial charge in [0.1, 0.15) is 12.8 Å². The number of imidazole rings is 1. The number of rotatable bonds is 6. The van der Waals surface area contributed by atoms with E-state index in [1.165, 1.54) is 6.33 Å². The molecule has 1 aliphatic rings. The first-order chi connectivity index (χ1) is 11.7. The fourth-order valence-corrected chi connectivity index (χ4v) is 2.59. The van der Waals surface area contributed by atoms with Crippen molar-refractivity contribution in [2.45, 2.75) is 44.9 Å². The number of aromatic nitrogens is 4. The van der Waals surface area contributed by atoms with Gasteiger partial charge >= 0.3 is 6.16 Å². The molecule has 0 saturated carbocycles. The number of H-pyrrole nitrogens is 1. The normalized spacial score (nSPS) is 20.4. The van der Waals surface area contributed by atoms with Crippen LogP contribution in [0.4, 0.5) is 4.79 Å². The predicted octanol–water partition coefficient (Wildman–Crippen LogP) is 1.75. The van der Waals surface area contributed by atoms with Gasteiger partial charge < -0.3 is 19.2 Å². The average Bonchev–Trinajstić information content (AvgIpc) is 3.20. The van der Waals surface area contributed by atoms with E-state index in [0.29, 0.717) is 12.3 Å². The van der Waals surface area contributed by atoms with E-state index in [2.05, 4.69) is 15.0 Å². The lowest BCUT2D eigenvalue weighted by atomic mass is 10.2. The summed E-state index contributed by atoms with van der Waals surface area (Å²) in [5.74, 6) is 0. The number of unbranched alkanes of at least 4 members (excludes halogenated alkanes) is 1. The molecule has 9 nitrogen and oxygen atoms in total. The molecule has 24 heavy (non-hydrogen) atoms. The summed E-state index contributed by atoms with van der Waals surface area (Å²) in [4.78, 5) is 33.8. The number of hydrogen-bond donors (Lipinski definition) is 1. The summed E-state index contributed by atoms with van der Waals surface area (Å²) in [5, 5.41) is 0. The molecule has 0 spiro atoms. The van der Waals surface area contributed by atoms with Crippen LogP contribution in [0.1, 0.15) is 38.8 Å². The van der Waals surface area contributed by atoms with Gasteiger partial charge in [-0.15, -0.1) is 0 Å². The number of ether oxygens (including phenoxy) is 3. The van der Waals surface area contributed by atoms with Gasteiger partial charge in [0.15, 0.2) is 11.2 Å². The molecular formula is C15H20N4O5. The van der Waals surface area contributed by atoms with Crippen molar-refractivity contribution in [2.24, 2.45) is 0 Å². The van der Waals surface area contributed by atoms with Crippen LogP contribution in [0, 0.1) is 0 Å². The molecule has 2 atom stereocenters. The van der Waals surface area contributed by atoms with Gasteiger partial charge in [0.25, 0.3) is 5.56 Å². The lowest BCUT2D eigenvalue weighted by Gasteiger charge is -2.15. The predicted molar refractivity (Wildman–Crippen MR) is 83.5 cm³/mol. The van der Waals surface area contributed by atoms with E-state index in [0.717, 1.165) is 25.7 Å². The summed E-state index contributed by atoms with van der Waals surface area (Å²) in [7, 11) is 0. The molecule has 9 heteroatoms. The molecule has 3 rings (SSSR count). The Hall–Kier alpha value is -2.42. The number of fused-ring (bicyclic) bond motifs is 1. The lowest BCUT2D eigenvalue weighted by Crippen LogP contribution is -2.20. The molecule has 1 N–H and O–H groups in total. The fourth-order valence-electron chi connectivity index (χ4n) is 2.59. The lowest BCUT2D eigenvalue weighted by molar-refractivity contribution is -0.0371. The Labute approximate surface area is 137 Å². The van der Waals surface area contributed by atoms with Crippen LogP contribution in [0.2, 0.25) is 0 Å². The van der Waals surface area contributed by atoms with E-state index in [4.69, 9.17) is 14.2 Å². The zero-order chi connectivity index (χ0) is 16.9. The van der Waals surface area contributed by atoms with Gasteiger partial charge in [-0.05, 0) is 19.3 Å². The highest BCUT2D eigenvalue weighted by Crippen LogP contribution is 2.29. The van der Waals surface area contributed by atoms with Crippen LogP contribution in [0.25, 0.3) is 11.2 Å². The Morgan fingerprint density at radius 1 is 1.42 bits per heavy atom. The second-order valence-corrected chi connectivity index (χ2v) is 5.61. The number of nitrogens with one attached hydrogen (secondary N) is 1. The molecule has 0 unspecified atom stereocenters. The Bertz CT molecular complexity index is 756. The largest absolute Gasteiger partial charge is 0.508 e.